The van der Waals surface area contributed by atoms with Gasteiger partial charge in [0.25, 0.3) is 5.56 Å². The zero-order valence-electron chi connectivity index (χ0n) is 25.3. The summed E-state index contributed by atoms with van der Waals surface area (Å²) in [5, 5.41) is 8.68. The fourth-order valence-electron chi connectivity index (χ4n) is 4.90. The Kier molecular flexibility index (Phi) is 8.72. The van der Waals surface area contributed by atoms with Gasteiger partial charge in [0, 0.05) is 41.7 Å². The molecule has 9 nitrogen and oxygen atoms in total. The Labute approximate surface area is 258 Å². The minimum atomic E-state index is -3.74. The number of rotatable bonds is 10. The number of nitrogens with zero attached hydrogens (tertiary/aromatic N) is 1. The molecule has 0 atom stereocenters. The molecule has 3 aromatic carbocycles. The van der Waals surface area contributed by atoms with Crippen LogP contribution in [-0.4, -0.2) is 36.6 Å². The van der Waals surface area contributed by atoms with Crippen molar-refractivity contribution in [3.05, 3.63) is 93.9 Å². The summed E-state index contributed by atoms with van der Waals surface area (Å²) < 4.78 is 75.4. The molecule has 0 radical (unpaired) electrons. The average Bonchev–Trinajstić information content (AvgIpc) is 3.42. The van der Waals surface area contributed by atoms with E-state index in [1.54, 1.807) is 13.1 Å². The Morgan fingerprint density at radius 3 is 2.31 bits per heavy atom. The number of nitrogens with one attached hydrogen (secondary N) is 1. The Morgan fingerprint density at radius 1 is 0.978 bits per heavy atom. The number of furan rings is 1. The van der Waals surface area contributed by atoms with E-state index in [1.165, 1.54) is 42.8 Å². The predicted molar refractivity (Wildman–Crippen MR) is 168 cm³/mol. The maximum Gasteiger partial charge on any atom is 0.261 e. The van der Waals surface area contributed by atoms with Gasteiger partial charge in [0.15, 0.2) is 11.6 Å². The quantitative estimate of drug-likeness (QED) is 0.175. The van der Waals surface area contributed by atoms with E-state index in [2.05, 4.69) is 4.72 Å². The largest absolute Gasteiger partial charge is 0.491 e. The number of aromatic nitrogens is 1. The third-order valence-electron chi connectivity index (χ3n) is 7.20. The number of benzene rings is 3. The highest BCUT2D eigenvalue weighted by Crippen LogP contribution is 2.41. The summed E-state index contributed by atoms with van der Waals surface area (Å²) in [4.78, 5) is 13.3. The van der Waals surface area contributed by atoms with Gasteiger partial charge < -0.3 is 23.6 Å². The van der Waals surface area contributed by atoms with Gasteiger partial charge in [-0.3, -0.25) is 9.52 Å². The number of hydrogen-bond donors (Lipinski definition) is 2. The molecule has 0 aliphatic carbocycles. The molecule has 0 aliphatic heterocycles. The highest BCUT2D eigenvalue weighted by Gasteiger charge is 2.23. The number of hydrogen-bond acceptors (Lipinski definition) is 7. The van der Waals surface area contributed by atoms with Crippen LogP contribution in [0, 0.1) is 25.5 Å². The highest BCUT2D eigenvalue weighted by molar-refractivity contribution is 7.93. The van der Waals surface area contributed by atoms with Gasteiger partial charge in [-0.2, -0.15) is 0 Å². The lowest BCUT2D eigenvalue weighted by molar-refractivity contribution is 0.200. The molecular weight excluding hydrogens is 606 g/mol. The highest BCUT2D eigenvalue weighted by atomic mass is 32.2. The van der Waals surface area contributed by atoms with Crippen LogP contribution in [0.25, 0.3) is 33.4 Å². The number of ether oxygens (including phenoxy) is 2. The van der Waals surface area contributed by atoms with Crippen LogP contribution < -0.4 is 19.8 Å². The van der Waals surface area contributed by atoms with E-state index in [0.717, 1.165) is 23.3 Å². The second-order valence-electron chi connectivity index (χ2n) is 10.9. The van der Waals surface area contributed by atoms with E-state index in [1.807, 2.05) is 26.0 Å². The molecule has 5 aromatic rings. The number of halogens is 2. The molecule has 0 amide bonds. The van der Waals surface area contributed by atoms with Gasteiger partial charge in [-0.25, -0.2) is 17.2 Å². The lowest BCUT2D eigenvalue weighted by Gasteiger charge is -2.16. The number of aryl methyl sites for hydroxylation is 3. The van der Waals surface area contributed by atoms with Crippen molar-refractivity contribution in [2.45, 2.75) is 32.9 Å². The lowest BCUT2D eigenvalue weighted by atomic mass is 10.0. The fraction of sp³-hybridized carbons (Fsp3) is 0.242. The Bertz CT molecular complexity index is 2060. The van der Waals surface area contributed by atoms with Gasteiger partial charge in [0.05, 0.1) is 17.2 Å². The van der Waals surface area contributed by atoms with Crippen LogP contribution in [0.3, 0.4) is 0 Å². The zero-order valence-corrected chi connectivity index (χ0v) is 26.1. The van der Waals surface area contributed by atoms with Gasteiger partial charge in [-0.1, -0.05) is 0 Å². The van der Waals surface area contributed by atoms with Crippen LogP contribution in [0.4, 0.5) is 14.5 Å². The smallest absolute Gasteiger partial charge is 0.261 e. The second-order valence-corrected chi connectivity index (χ2v) is 13.1. The SMILES string of the molecule is Cc1cc(-c2cc3c(=O)n(C)cc(-c4cc(NS(=O)(=O)C(C)C)ccc4Oc4ccc(F)cc4F)c3o2)cc(C)c1OCCO. The average molecular weight is 639 g/mol. The van der Waals surface area contributed by atoms with Crippen molar-refractivity contribution in [1.29, 1.82) is 0 Å². The van der Waals surface area contributed by atoms with Crippen LogP contribution in [0.1, 0.15) is 25.0 Å². The number of anilines is 1. The van der Waals surface area contributed by atoms with Crippen LogP contribution in [0.15, 0.2) is 70.0 Å². The molecule has 45 heavy (non-hydrogen) atoms. The number of sulfonamides is 1. The molecule has 0 saturated heterocycles. The molecule has 0 fully saturated rings. The number of fused-ring (bicyclic) bond motifs is 1. The van der Waals surface area contributed by atoms with Gasteiger partial charge in [0.1, 0.15) is 35.3 Å². The lowest BCUT2D eigenvalue weighted by Crippen LogP contribution is -2.22. The first-order valence-electron chi connectivity index (χ1n) is 14.1. The van der Waals surface area contributed by atoms with Crippen LogP contribution in [0.2, 0.25) is 0 Å². The molecule has 5 rings (SSSR count). The molecule has 0 bridgehead atoms. The maximum absolute atomic E-state index is 14.6. The molecule has 2 aromatic heterocycles. The van der Waals surface area contributed by atoms with Gasteiger partial charge in [0.2, 0.25) is 10.0 Å². The van der Waals surface area contributed by atoms with Gasteiger partial charge >= 0.3 is 0 Å². The van der Waals surface area contributed by atoms with Crippen molar-refractivity contribution in [1.82, 2.24) is 4.57 Å². The molecule has 0 aliphatic rings. The predicted octanol–water partition coefficient (Wildman–Crippen LogP) is 6.67. The normalized spacial score (nSPS) is 11.8. The third kappa shape index (κ3) is 6.43. The van der Waals surface area contributed by atoms with Gasteiger partial charge in [-0.15, -0.1) is 0 Å². The summed E-state index contributed by atoms with van der Waals surface area (Å²) in [6, 6.07) is 12.6. The standard InChI is InChI=1S/C33H32F2N2O7S/c1-18(2)45(40,41)36-23-7-9-28(43-29-8-6-22(34)14-27(29)35)24(15-23)26-17-37(5)33(39)25-16-30(44-32(25)26)21-12-19(3)31(20(4)13-21)42-11-10-38/h6-9,12-18,36,38H,10-11H2,1-5H3. The van der Waals surface area contributed by atoms with E-state index in [9.17, 15) is 22.0 Å². The Morgan fingerprint density at radius 2 is 1.67 bits per heavy atom. The Hall–Kier alpha value is -4.68. The summed E-state index contributed by atoms with van der Waals surface area (Å²) in [6.45, 7) is 6.80. The van der Waals surface area contributed by atoms with Crippen molar-refractivity contribution >= 4 is 26.7 Å². The molecule has 0 spiro atoms. The summed E-state index contributed by atoms with van der Waals surface area (Å²) in [6.07, 6.45) is 1.52. The van der Waals surface area contributed by atoms with E-state index in [0.29, 0.717) is 28.7 Å². The van der Waals surface area contributed by atoms with Crippen molar-refractivity contribution in [3.8, 4) is 39.7 Å². The molecule has 236 valence electrons. The molecule has 0 saturated carbocycles. The topological polar surface area (TPSA) is 120 Å². The van der Waals surface area contributed by atoms with Gasteiger partial charge in [-0.05, 0) is 87.4 Å². The maximum atomic E-state index is 14.6. The minimum Gasteiger partial charge on any atom is -0.491 e. The number of aliphatic hydroxyl groups excluding tert-OH is 1. The van der Waals surface area contributed by atoms with Crippen LogP contribution in [-0.2, 0) is 17.1 Å². The Balaban J connectivity index is 1.71. The molecule has 2 N–H and O–H groups in total. The molecular formula is C33H32F2N2O7S. The van der Waals surface area contributed by atoms with E-state index >= 15 is 0 Å². The third-order valence-corrected chi connectivity index (χ3v) is 8.96. The summed E-state index contributed by atoms with van der Waals surface area (Å²) in [5.74, 6) is -0.852. The number of pyridine rings is 1. The van der Waals surface area contributed by atoms with Crippen molar-refractivity contribution < 1.29 is 36.2 Å². The molecule has 0 unspecified atom stereocenters. The van der Waals surface area contributed by atoms with E-state index in [-0.39, 0.29) is 52.5 Å². The summed E-state index contributed by atoms with van der Waals surface area (Å²) in [5.41, 5.74) is 2.96. The number of aliphatic hydroxyl groups is 1. The van der Waals surface area contributed by atoms with E-state index < -0.39 is 26.9 Å². The zero-order chi connectivity index (χ0) is 32.6. The fourth-order valence-corrected chi connectivity index (χ4v) is 5.60. The van der Waals surface area contributed by atoms with Crippen LogP contribution in [0.5, 0.6) is 17.2 Å². The molecule has 2 heterocycles. The van der Waals surface area contributed by atoms with Crippen molar-refractivity contribution in [2.75, 3.05) is 17.9 Å². The molecule has 12 heteroatoms. The first kappa shape index (κ1) is 31.7. The monoisotopic (exact) mass is 638 g/mol. The van der Waals surface area contributed by atoms with E-state index in [4.69, 9.17) is 19.0 Å². The first-order valence-corrected chi connectivity index (χ1v) is 15.6. The second kappa shape index (κ2) is 12.4. The minimum absolute atomic E-state index is 0.1000. The van der Waals surface area contributed by atoms with Crippen LogP contribution >= 0.6 is 0 Å². The van der Waals surface area contributed by atoms with Crippen molar-refractivity contribution in [2.24, 2.45) is 7.05 Å². The summed E-state index contributed by atoms with van der Waals surface area (Å²) >= 11 is 0. The summed E-state index contributed by atoms with van der Waals surface area (Å²) in [7, 11) is -2.18. The van der Waals surface area contributed by atoms with Crippen molar-refractivity contribution in [3.63, 3.8) is 0 Å². The first-order chi connectivity index (χ1) is 21.3.